The molecule has 0 saturated heterocycles. The van der Waals surface area contributed by atoms with E-state index in [1.54, 1.807) is 0 Å². The topological polar surface area (TPSA) is 95.7 Å². The van der Waals surface area contributed by atoms with E-state index in [0.717, 1.165) is 29.9 Å². The second-order valence-corrected chi connectivity index (χ2v) is 7.23. The Morgan fingerprint density at radius 1 is 1.29 bits per heavy atom. The van der Waals surface area contributed by atoms with E-state index >= 15 is 0 Å². The van der Waals surface area contributed by atoms with Crippen LogP contribution in [0.15, 0.2) is 34.7 Å². The lowest BCUT2D eigenvalue weighted by Crippen LogP contribution is -2.54. The summed E-state index contributed by atoms with van der Waals surface area (Å²) in [6.07, 6.45) is 2.37. The summed E-state index contributed by atoms with van der Waals surface area (Å²) in [6.45, 7) is 4.61. The number of carbonyl (C=O) groups is 2. The van der Waals surface area contributed by atoms with Crippen LogP contribution < -0.4 is 5.32 Å². The molecule has 3 rings (SSSR count). The van der Waals surface area contributed by atoms with Crippen molar-refractivity contribution in [2.24, 2.45) is 0 Å². The lowest BCUT2D eigenvalue weighted by Gasteiger charge is -2.42. The predicted molar refractivity (Wildman–Crippen MR) is 105 cm³/mol. The molecule has 150 valence electrons. The molecule has 1 aromatic heterocycles. The molecule has 0 bridgehead atoms. The molecule has 28 heavy (non-hydrogen) atoms. The molecule has 0 aliphatic heterocycles. The first-order chi connectivity index (χ1) is 13.5. The SMILES string of the molecule is CCN(CC(=O)O)C1CC(NC(=O)CCc2nc(C)c(-c3ccccc3)o2)C1. The van der Waals surface area contributed by atoms with Crippen LogP contribution in [0.25, 0.3) is 11.3 Å². The monoisotopic (exact) mass is 385 g/mol. The highest BCUT2D eigenvalue weighted by atomic mass is 16.4. The summed E-state index contributed by atoms with van der Waals surface area (Å²) in [5, 5.41) is 12.0. The smallest absolute Gasteiger partial charge is 0.317 e. The predicted octanol–water partition coefficient (Wildman–Crippen LogP) is 2.64. The quantitative estimate of drug-likeness (QED) is 0.689. The van der Waals surface area contributed by atoms with E-state index < -0.39 is 5.97 Å². The minimum atomic E-state index is -0.814. The molecule has 0 atom stereocenters. The summed E-state index contributed by atoms with van der Waals surface area (Å²) >= 11 is 0. The number of aryl methyl sites for hydroxylation is 2. The summed E-state index contributed by atoms with van der Waals surface area (Å²) in [6, 6.07) is 10.1. The number of hydrogen-bond acceptors (Lipinski definition) is 5. The highest BCUT2D eigenvalue weighted by Gasteiger charge is 2.34. The van der Waals surface area contributed by atoms with Crippen molar-refractivity contribution in [3.8, 4) is 11.3 Å². The largest absolute Gasteiger partial charge is 0.480 e. The average molecular weight is 385 g/mol. The fraction of sp³-hybridized carbons (Fsp3) is 0.476. The summed E-state index contributed by atoms with van der Waals surface area (Å²) in [7, 11) is 0. The number of rotatable bonds is 9. The molecule has 1 amide bonds. The van der Waals surface area contributed by atoms with Gasteiger partial charge in [0.2, 0.25) is 5.91 Å². The van der Waals surface area contributed by atoms with Gasteiger partial charge in [0, 0.05) is 30.5 Å². The number of oxazole rings is 1. The van der Waals surface area contributed by atoms with Crippen molar-refractivity contribution in [3.05, 3.63) is 41.9 Å². The number of aromatic nitrogens is 1. The van der Waals surface area contributed by atoms with Gasteiger partial charge in [-0.2, -0.15) is 0 Å². The standard InChI is InChI=1S/C21H27N3O4/c1-3-24(13-20(26)27)17-11-16(12-17)23-18(25)9-10-19-22-14(2)21(28-19)15-7-5-4-6-8-15/h4-8,16-17H,3,9-13H2,1-2H3,(H,23,25)(H,26,27). The van der Waals surface area contributed by atoms with Gasteiger partial charge in [-0.25, -0.2) is 4.98 Å². The number of carboxylic acids is 1. The van der Waals surface area contributed by atoms with E-state index in [-0.39, 0.29) is 24.5 Å². The molecule has 1 aliphatic rings. The first-order valence-corrected chi connectivity index (χ1v) is 9.73. The number of carbonyl (C=O) groups excluding carboxylic acids is 1. The molecule has 0 unspecified atom stereocenters. The Labute approximate surface area is 164 Å². The molecule has 7 nitrogen and oxygen atoms in total. The van der Waals surface area contributed by atoms with Crippen molar-refractivity contribution in [1.29, 1.82) is 0 Å². The summed E-state index contributed by atoms with van der Waals surface area (Å²) in [4.78, 5) is 29.5. The molecule has 0 spiro atoms. The van der Waals surface area contributed by atoms with Crippen LogP contribution in [0.5, 0.6) is 0 Å². The van der Waals surface area contributed by atoms with E-state index in [2.05, 4.69) is 10.3 Å². The third-order valence-corrected chi connectivity index (χ3v) is 5.18. The Hall–Kier alpha value is -2.67. The van der Waals surface area contributed by atoms with Gasteiger partial charge >= 0.3 is 5.97 Å². The van der Waals surface area contributed by atoms with Gasteiger partial charge in [0.15, 0.2) is 11.7 Å². The highest BCUT2D eigenvalue weighted by Crippen LogP contribution is 2.26. The van der Waals surface area contributed by atoms with Crippen LogP contribution in [0.4, 0.5) is 0 Å². The Kier molecular flexibility index (Phi) is 6.46. The summed E-state index contributed by atoms with van der Waals surface area (Å²) in [5.74, 6) is 0.472. The minimum Gasteiger partial charge on any atom is -0.480 e. The highest BCUT2D eigenvalue weighted by molar-refractivity contribution is 5.76. The third-order valence-electron chi connectivity index (χ3n) is 5.18. The third kappa shape index (κ3) is 4.98. The second kappa shape index (κ2) is 9.01. The molecule has 1 aromatic carbocycles. The first kappa shape index (κ1) is 20.1. The zero-order valence-electron chi connectivity index (χ0n) is 16.4. The van der Waals surface area contributed by atoms with Gasteiger partial charge in [-0.3, -0.25) is 14.5 Å². The first-order valence-electron chi connectivity index (χ1n) is 9.73. The van der Waals surface area contributed by atoms with Crippen LogP contribution in [0.2, 0.25) is 0 Å². The van der Waals surface area contributed by atoms with E-state index in [9.17, 15) is 9.59 Å². The molecule has 2 N–H and O–H groups in total. The number of carboxylic acid groups (broad SMARTS) is 1. The zero-order chi connectivity index (χ0) is 20.1. The number of nitrogens with one attached hydrogen (secondary N) is 1. The molecule has 1 heterocycles. The van der Waals surface area contributed by atoms with Gasteiger partial charge in [0.25, 0.3) is 0 Å². The van der Waals surface area contributed by atoms with Crippen LogP contribution in [0.1, 0.15) is 37.8 Å². The van der Waals surface area contributed by atoms with Crippen LogP contribution in [-0.2, 0) is 16.0 Å². The molecule has 7 heteroatoms. The normalized spacial score (nSPS) is 18.7. The molecule has 1 saturated carbocycles. The van der Waals surface area contributed by atoms with Crippen molar-refractivity contribution in [2.75, 3.05) is 13.1 Å². The Morgan fingerprint density at radius 2 is 2.00 bits per heavy atom. The van der Waals surface area contributed by atoms with E-state index in [4.69, 9.17) is 9.52 Å². The van der Waals surface area contributed by atoms with E-state index in [0.29, 0.717) is 25.3 Å². The molecular formula is C21H27N3O4. The Morgan fingerprint density at radius 3 is 2.64 bits per heavy atom. The lowest BCUT2D eigenvalue weighted by molar-refractivity contribution is -0.139. The maximum atomic E-state index is 12.2. The van der Waals surface area contributed by atoms with E-state index in [1.165, 1.54) is 0 Å². The minimum absolute atomic E-state index is 0.0261. The van der Waals surface area contributed by atoms with Crippen molar-refractivity contribution < 1.29 is 19.1 Å². The molecule has 0 radical (unpaired) electrons. The summed E-state index contributed by atoms with van der Waals surface area (Å²) in [5.41, 5.74) is 1.80. The van der Waals surface area contributed by atoms with Gasteiger partial charge in [-0.15, -0.1) is 0 Å². The Bertz CT molecular complexity index is 812. The van der Waals surface area contributed by atoms with Gasteiger partial charge in [0.05, 0.1) is 12.2 Å². The number of benzene rings is 1. The van der Waals surface area contributed by atoms with Gasteiger partial charge in [-0.05, 0) is 26.3 Å². The number of amides is 1. The molecule has 2 aromatic rings. The number of likely N-dealkylation sites (N-methyl/N-ethyl adjacent to an activating group) is 1. The van der Waals surface area contributed by atoms with Gasteiger partial charge in [0.1, 0.15) is 0 Å². The van der Waals surface area contributed by atoms with Crippen molar-refractivity contribution in [1.82, 2.24) is 15.2 Å². The summed E-state index contributed by atoms with van der Waals surface area (Å²) < 4.78 is 5.84. The van der Waals surface area contributed by atoms with Crippen molar-refractivity contribution in [3.63, 3.8) is 0 Å². The maximum Gasteiger partial charge on any atom is 0.317 e. The molecule has 1 aliphatic carbocycles. The fourth-order valence-corrected chi connectivity index (χ4v) is 3.61. The molecular weight excluding hydrogens is 358 g/mol. The van der Waals surface area contributed by atoms with Crippen LogP contribution >= 0.6 is 0 Å². The average Bonchev–Trinajstić information content (AvgIpc) is 3.02. The number of hydrogen-bond donors (Lipinski definition) is 2. The van der Waals surface area contributed by atoms with Crippen molar-refractivity contribution >= 4 is 11.9 Å². The van der Waals surface area contributed by atoms with Crippen LogP contribution in [0, 0.1) is 6.92 Å². The maximum absolute atomic E-state index is 12.2. The van der Waals surface area contributed by atoms with E-state index in [1.807, 2.05) is 49.1 Å². The molecule has 1 fully saturated rings. The van der Waals surface area contributed by atoms with Gasteiger partial charge in [-0.1, -0.05) is 37.3 Å². The zero-order valence-corrected chi connectivity index (χ0v) is 16.4. The fourth-order valence-electron chi connectivity index (χ4n) is 3.61. The second-order valence-electron chi connectivity index (χ2n) is 7.23. The van der Waals surface area contributed by atoms with Crippen LogP contribution in [-0.4, -0.2) is 52.0 Å². The van der Waals surface area contributed by atoms with Gasteiger partial charge < -0.3 is 14.8 Å². The number of aliphatic carboxylic acids is 1. The number of nitrogens with zero attached hydrogens (tertiary/aromatic N) is 2. The Balaban J connectivity index is 1.44. The van der Waals surface area contributed by atoms with Crippen molar-refractivity contribution in [2.45, 2.75) is 51.6 Å². The van der Waals surface area contributed by atoms with Crippen LogP contribution in [0.3, 0.4) is 0 Å². The lowest BCUT2D eigenvalue weighted by atomic mass is 9.85.